The predicted octanol–water partition coefficient (Wildman–Crippen LogP) is 5.68. The van der Waals surface area contributed by atoms with Gasteiger partial charge in [-0.05, 0) is 55.0 Å². The summed E-state index contributed by atoms with van der Waals surface area (Å²) < 4.78 is 26.4. The molecule has 2 aromatic carbocycles. The van der Waals surface area contributed by atoms with Gasteiger partial charge in [-0.15, -0.1) is 0 Å². The molecule has 2 aromatic rings. The first-order valence-electron chi connectivity index (χ1n) is 13.0. The maximum atomic E-state index is 13.6. The van der Waals surface area contributed by atoms with Crippen molar-refractivity contribution in [3.8, 4) is 0 Å². The molecule has 2 amide bonds. The van der Waals surface area contributed by atoms with Crippen molar-refractivity contribution in [2.75, 3.05) is 23.7 Å². The summed E-state index contributed by atoms with van der Waals surface area (Å²) in [7, 11) is -3.56. The predicted molar refractivity (Wildman–Crippen MR) is 156 cm³/mol. The number of benzene rings is 2. The van der Waals surface area contributed by atoms with Crippen LogP contribution in [0.5, 0.6) is 0 Å². The van der Waals surface area contributed by atoms with E-state index in [9.17, 15) is 18.0 Å². The smallest absolute Gasteiger partial charge is 0.242 e. The van der Waals surface area contributed by atoms with Crippen LogP contribution >= 0.6 is 23.2 Å². The second-order valence-electron chi connectivity index (χ2n) is 9.74. The van der Waals surface area contributed by atoms with Gasteiger partial charge in [0.1, 0.15) is 6.04 Å². The number of nitrogens with zero attached hydrogens (tertiary/aromatic N) is 2. The number of amides is 2. The largest absolute Gasteiger partial charge is 0.354 e. The van der Waals surface area contributed by atoms with Gasteiger partial charge >= 0.3 is 0 Å². The average Bonchev–Trinajstić information content (AvgIpc) is 2.86. The molecule has 0 saturated carbocycles. The van der Waals surface area contributed by atoms with E-state index in [-0.39, 0.29) is 43.7 Å². The van der Waals surface area contributed by atoms with E-state index in [1.807, 2.05) is 39.8 Å². The van der Waals surface area contributed by atoms with Crippen LogP contribution in [0, 0.1) is 5.92 Å². The fourth-order valence-corrected chi connectivity index (χ4v) is 5.58. The van der Waals surface area contributed by atoms with Crippen LogP contribution in [0.2, 0.25) is 10.0 Å². The SMILES string of the molecule is CCc1ccc(N(CCCC(=O)N(Cc2c(Cl)cccc2Cl)[C@H](CC)C(=O)NCC(C)C)S(C)(=O)=O)cc1. The van der Waals surface area contributed by atoms with Crippen molar-refractivity contribution in [2.45, 2.75) is 66.0 Å². The summed E-state index contributed by atoms with van der Waals surface area (Å²) in [5, 5.41) is 3.74. The molecule has 0 aromatic heterocycles. The third-order valence-electron chi connectivity index (χ3n) is 6.25. The molecule has 0 bridgehead atoms. The number of rotatable bonds is 14. The van der Waals surface area contributed by atoms with Crippen LogP contribution < -0.4 is 9.62 Å². The minimum Gasteiger partial charge on any atom is -0.354 e. The first-order chi connectivity index (χ1) is 17.9. The van der Waals surface area contributed by atoms with E-state index in [0.717, 1.165) is 18.2 Å². The highest BCUT2D eigenvalue weighted by molar-refractivity contribution is 7.92. The fraction of sp³-hybridized carbons (Fsp3) is 0.500. The number of aryl methyl sites for hydroxylation is 1. The van der Waals surface area contributed by atoms with Crippen LogP contribution in [0.15, 0.2) is 42.5 Å². The van der Waals surface area contributed by atoms with Gasteiger partial charge < -0.3 is 10.2 Å². The van der Waals surface area contributed by atoms with Crippen molar-refractivity contribution < 1.29 is 18.0 Å². The molecule has 1 N–H and O–H groups in total. The second kappa shape index (κ2) is 14.8. The molecular formula is C28H39Cl2N3O4S. The summed E-state index contributed by atoms with van der Waals surface area (Å²) in [6.45, 7) is 8.56. The molecule has 0 aliphatic heterocycles. The monoisotopic (exact) mass is 583 g/mol. The van der Waals surface area contributed by atoms with Gasteiger partial charge in [0.2, 0.25) is 21.8 Å². The van der Waals surface area contributed by atoms with Gasteiger partial charge in [-0.3, -0.25) is 13.9 Å². The lowest BCUT2D eigenvalue weighted by Crippen LogP contribution is -2.49. The van der Waals surface area contributed by atoms with E-state index >= 15 is 0 Å². The van der Waals surface area contributed by atoms with E-state index in [4.69, 9.17) is 23.2 Å². The quantitative estimate of drug-likeness (QED) is 0.310. The summed E-state index contributed by atoms with van der Waals surface area (Å²) in [5.74, 6) is -0.263. The normalized spacial score (nSPS) is 12.3. The van der Waals surface area contributed by atoms with Crippen molar-refractivity contribution in [1.82, 2.24) is 10.2 Å². The molecule has 0 unspecified atom stereocenters. The number of halogens is 2. The van der Waals surface area contributed by atoms with Crippen LogP contribution in [0.1, 0.15) is 58.1 Å². The number of carbonyl (C=O) groups is 2. The Kier molecular flexibility index (Phi) is 12.4. The number of anilines is 1. The van der Waals surface area contributed by atoms with E-state index in [2.05, 4.69) is 5.32 Å². The van der Waals surface area contributed by atoms with Crippen molar-refractivity contribution >= 4 is 50.7 Å². The Morgan fingerprint density at radius 2 is 1.61 bits per heavy atom. The zero-order valence-electron chi connectivity index (χ0n) is 22.8. The van der Waals surface area contributed by atoms with E-state index in [0.29, 0.717) is 34.3 Å². The lowest BCUT2D eigenvalue weighted by atomic mass is 10.1. The van der Waals surface area contributed by atoms with E-state index < -0.39 is 16.1 Å². The van der Waals surface area contributed by atoms with Gasteiger partial charge in [-0.25, -0.2) is 8.42 Å². The lowest BCUT2D eigenvalue weighted by Gasteiger charge is -2.32. The molecular weight excluding hydrogens is 545 g/mol. The molecule has 0 fully saturated rings. The van der Waals surface area contributed by atoms with Crippen LogP contribution in [0.3, 0.4) is 0 Å². The standard InChI is InChI=1S/C28H39Cl2N3O4S/c1-6-21-13-15-22(16-14-21)33(38(5,36)37)17-9-12-27(34)32(19-23-24(29)10-8-11-25(23)30)26(7-2)28(35)31-18-20(3)4/h8,10-11,13-16,20,26H,6-7,9,12,17-19H2,1-5H3,(H,31,35)/t26-/m1/s1. The highest BCUT2D eigenvalue weighted by Crippen LogP contribution is 2.27. The van der Waals surface area contributed by atoms with Gasteiger partial charge in [-0.2, -0.15) is 0 Å². The first-order valence-corrected chi connectivity index (χ1v) is 15.6. The molecule has 0 heterocycles. The number of carbonyl (C=O) groups excluding carboxylic acids is 2. The Morgan fingerprint density at radius 3 is 2.11 bits per heavy atom. The Labute approximate surface area is 237 Å². The molecule has 210 valence electrons. The average molecular weight is 585 g/mol. The Bertz CT molecular complexity index is 1170. The lowest BCUT2D eigenvalue weighted by molar-refractivity contribution is -0.141. The molecule has 0 spiro atoms. The van der Waals surface area contributed by atoms with Gasteiger partial charge in [0.25, 0.3) is 0 Å². The minimum absolute atomic E-state index is 0.0507. The highest BCUT2D eigenvalue weighted by atomic mass is 35.5. The molecule has 38 heavy (non-hydrogen) atoms. The van der Waals surface area contributed by atoms with E-state index in [1.54, 1.807) is 30.3 Å². The zero-order valence-corrected chi connectivity index (χ0v) is 25.2. The number of hydrogen-bond donors (Lipinski definition) is 1. The van der Waals surface area contributed by atoms with Gasteiger partial charge in [0.05, 0.1) is 11.9 Å². The summed E-state index contributed by atoms with van der Waals surface area (Å²) in [5.41, 5.74) is 2.22. The molecule has 1 atom stereocenters. The Morgan fingerprint density at radius 1 is 1.00 bits per heavy atom. The number of sulfonamides is 1. The summed E-state index contributed by atoms with van der Waals surface area (Å²) in [4.78, 5) is 28.1. The van der Waals surface area contributed by atoms with Crippen LogP contribution in [-0.4, -0.2) is 50.5 Å². The molecule has 0 saturated heterocycles. The Hall–Kier alpha value is -2.29. The van der Waals surface area contributed by atoms with Crippen molar-refractivity contribution in [3.63, 3.8) is 0 Å². The van der Waals surface area contributed by atoms with Crippen molar-refractivity contribution in [2.24, 2.45) is 5.92 Å². The molecule has 0 aliphatic rings. The molecule has 10 heteroatoms. The van der Waals surface area contributed by atoms with Gasteiger partial charge in [0.15, 0.2) is 0 Å². The third-order valence-corrected chi connectivity index (χ3v) is 8.15. The third kappa shape index (κ3) is 9.17. The summed E-state index contributed by atoms with van der Waals surface area (Å²) in [6, 6.07) is 11.7. The van der Waals surface area contributed by atoms with Crippen LogP contribution in [0.25, 0.3) is 0 Å². The van der Waals surface area contributed by atoms with Crippen molar-refractivity contribution in [1.29, 1.82) is 0 Å². The van der Waals surface area contributed by atoms with Crippen LogP contribution in [-0.2, 0) is 32.6 Å². The highest BCUT2D eigenvalue weighted by Gasteiger charge is 2.30. The van der Waals surface area contributed by atoms with E-state index in [1.165, 1.54) is 9.21 Å². The fourth-order valence-electron chi connectivity index (χ4n) is 4.10. The first kappa shape index (κ1) is 31.9. The second-order valence-corrected chi connectivity index (χ2v) is 12.5. The van der Waals surface area contributed by atoms with Gasteiger partial charge in [-0.1, -0.05) is 69.1 Å². The molecule has 2 rings (SSSR count). The van der Waals surface area contributed by atoms with Crippen molar-refractivity contribution in [3.05, 3.63) is 63.6 Å². The summed E-state index contributed by atoms with van der Waals surface area (Å²) in [6.07, 6.45) is 2.73. The molecule has 0 aliphatic carbocycles. The van der Waals surface area contributed by atoms with Crippen LogP contribution in [0.4, 0.5) is 5.69 Å². The van der Waals surface area contributed by atoms with Gasteiger partial charge in [0, 0.05) is 41.7 Å². The Balaban J connectivity index is 2.26. The maximum Gasteiger partial charge on any atom is 0.242 e. The maximum absolute atomic E-state index is 13.6. The number of nitrogens with one attached hydrogen (secondary N) is 1. The minimum atomic E-state index is -3.56. The summed E-state index contributed by atoms with van der Waals surface area (Å²) >= 11 is 12.8. The zero-order chi connectivity index (χ0) is 28.5. The number of hydrogen-bond acceptors (Lipinski definition) is 4. The molecule has 0 radical (unpaired) electrons. The molecule has 7 nitrogen and oxygen atoms in total. The topological polar surface area (TPSA) is 86.8 Å².